The van der Waals surface area contributed by atoms with Crippen LogP contribution in [0.3, 0.4) is 0 Å². The van der Waals surface area contributed by atoms with Gasteiger partial charge in [-0.1, -0.05) is 0 Å². The third kappa shape index (κ3) is 9.48. The molecule has 0 aromatic heterocycles. The van der Waals surface area contributed by atoms with Crippen molar-refractivity contribution in [1.29, 1.82) is 0 Å². The first-order valence-electron chi connectivity index (χ1n) is 6.64. The van der Waals surface area contributed by atoms with Gasteiger partial charge < -0.3 is 20.7 Å². The highest BCUT2D eigenvalue weighted by Crippen LogP contribution is 2.04. The van der Waals surface area contributed by atoms with Gasteiger partial charge in [0.25, 0.3) is 0 Å². The fourth-order valence-corrected chi connectivity index (χ4v) is 1.50. The lowest BCUT2D eigenvalue weighted by Crippen LogP contribution is -2.43. The summed E-state index contributed by atoms with van der Waals surface area (Å²) >= 11 is 0. The molecule has 2 N–H and O–H groups in total. The number of rotatable bonds is 9. The molecule has 0 fully saturated rings. The number of esters is 1. The summed E-state index contributed by atoms with van der Waals surface area (Å²) in [7, 11) is 0. The Morgan fingerprint density at radius 1 is 1.33 bits per heavy atom. The van der Waals surface area contributed by atoms with Gasteiger partial charge in [-0.25, -0.2) is 4.79 Å². The summed E-state index contributed by atoms with van der Waals surface area (Å²) < 4.78 is 5.00. The lowest BCUT2D eigenvalue weighted by Gasteiger charge is -2.19. The molecule has 0 radical (unpaired) electrons. The van der Waals surface area contributed by atoms with E-state index in [4.69, 9.17) is 15.4 Å². The van der Waals surface area contributed by atoms with Gasteiger partial charge in [-0.2, -0.15) is 4.79 Å². The Labute approximate surface area is 123 Å². The molecule has 0 aliphatic rings. The van der Waals surface area contributed by atoms with Crippen molar-refractivity contribution in [3.8, 4) is 0 Å². The number of carbonyl (C=O) groups is 3. The van der Waals surface area contributed by atoms with Crippen LogP contribution in [-0.2, 0) is 19.1 Å². The van der Waals surface area contributed by atoms with E-state index in [9.17, 15) is 14.4 Å². The molecule has 8 nitrogen and oxygen atoms in total. The summed E-state index contributed by atoms with van der Waals surface area (Å²) in [6.45, 7) is 4.77. The lowest BCUT2D eigenvalue weighted by atomic mass is 10.1. The Morgan fingerprint density at radius 3 is 2.43 bits per heavy atom. The number of amides is 1. The standard InChI is InChI=1S/C13H21N3O5/c1-8(2)21-13(20)11(5-4-10(18)7-15-14)16-12(19)6-9(3)17/h7-9,11,17H,4-6H2,1-3H3,(H,16,19)/t9-,11-/m0/s1. The SMILES string of the molecule is CC(C)OC(=O)[C@H](CCC(=O)C=[N+]=[N-])NC(=O)C[C@H](C)O. The van der Waals surface area contributed by atoms with Crippen molar-refractivity contribution in [2.45, 2.75) is 58.3 Å². The zero-order valence-corrected chi connectivity index (χ0v) is 12.4. The highest BCUT2D eigenvalue weighted by atomic mass is 16.5. The Hall–Kier alpha value is -2.05. The van der Waals surface area contributed by atoms with Crippen molar-refractivity contribution >= 4 is 23.9 Å². The molecule has 2 atom stereocenters. The normalized spacial score (nSPS) is 13.0. The molecule has 0 rings (SSSR count). The van der Waals surface area contributed by atoms with Gasteiger partial charge in [0.1, 0.15) is 6.04 Å². The molecule has 0 saturated heterocycles. The van der Waals surface area contributed by atoms with Crippen LogP contribution in [0.5, 0.6) is 0 Å². The molecule has 0 aromatic carbocycles. The molecular formula is C13H21N3O5. The van der Waals surface area contributed by atoms with Crippen molar-refractivity contribution in [2.24, 2.45) is 0 Å². The number of aliphatic hydroxyl groups excluding tert-OH is 1. The van der Waals surface area contributed by atoms with E-state index in [1.165, 1.54) is 6.92 Å². The van der Waals surface area contributed by atoms with Crippen LogP contribution in [0.15, 0.2) is 0 Å². The monoisotopic (exact) mass is 299 g/mol. The van der Waals surface area contributed by atoms with E-state index >= 15 is 0 Å². The van der Waals surface area contributed by atoms with E-state index in [0.717, 1.165) is 6.21 Å². The van der Waals surface area contributed by atoms with Gasteiger partial charge in [-0.3, -0.25) is 9.59 Å². The summed E-state index contributed by atoms with van der Waals surface area (Å²) in [5.74, 6) is -1.65. The van der Waals surface area contributed by atoms with Crippen LogP contribution in [0.1, 0.15) is 40.0 Å². The minimum atomic E-state index is -0.991. The van der Waals surface area contributed by atoms with Crippen LogP contribution in [0.4, 0.5) is 0 Å². The molecule has 0 aliphatic carbocycles. The molecule has 1 amide bonds. The maximum absolute atomic E-state index is 11.9. The van der Waals surface area contributed by atoms with Gasteiger partial charge in [-0.15, -0.1) is 0 Å². The number of ketones is 1. The fraction of sp³-hybridized carbons (Fsp3) is 0.692. The average molecular weight is 299 g/mol. The van der Waals surface area contributed by atoms with E-state index < -0.39 is 29.8 Å². The maximum Gasteiger partial charge on any atom is 0.328 e. The zero-order chi connectivity index (χ0) is 16.4. The van der Waals surface area contributed by atoms with Crippen molar-refractivity contribution < 1.29 is 29.0 Å². The third-order valence-electron chi connectivity index (χ3n) is 2.33. The van der Waals surface area contributed by atoms with E-state index in [1.54, 1.807) is 13.8 Å². The van der Waals surface area contributed by atoms with Crippen LogP contribution >= 0.6 is 0 Å². The molecule has 0 heterocycles. The quantitative estimate of drug-likeness (QED) is 0.264. The van der Waals surface area contributed by atoms with Gasteiger partial charge in [0.2, 0.25) is 11.7 Å². The molecule has 118 valence electrons. The summed E-state index contributed by atoms with van der Waals surface area (Å²) in [5.41, 5.74) is 8.23. The van der Waals surface area contributed by atoms with Gasteiger partial charge >= 0.3 is 12.2 Å². The predicted octanol–water partition coefficient (Wildman–Crippen LogP) is -0.156. The van der Waals surface area contributed by atoms with Crippen LogP contribution in [0.2, 0.25) is 0 Å². The van der Waals surface area contributed by atoms with Gasteiger partial charge in [0, 0.05) is 6.42 Å². The van der Waals surface area contributed by atoms with Crippen LogP contribution in [-0.4, -0.2) is 52.0 Å². The Kier molecular flexibility index (Phi) is 8.84. The van der Waals surface area contributed by atoms with Crippen LogP contribution in [0.25, 0.3) is 5.53 Å². The second-order valence-corrected chi connectivity index (χ2v) is 4.91. The van der Waals surface area contributed by atoms with Crippen molar-refractivity contribution in [2.75, 3.05) is 0 Å². The van der Waals surface area contributed by atoms with Crippen molar-refractivity contribution in [3.63, 3.8) is 0 Å². The first-order valence-corrected chi connectivity index (χ1v) is 6.64. The van der Waals surface area contributed by atoms with Gasteiger partial charge in [-0.05, 0) is 27.2 Å². The zero-order valence-electron chi connectivity index (χ0n) is 12.4. The van der Waals surface area contributed by atoms with Crippen molar-refractivity contribution in [1.82, 2.24) is 5.32 Å². The summed E-state index contributed by atoms with van der Waals surface area (Å²) in [5, 5.41) is 11.5. The lowest BCUT2D eigenvalue weighted by molar-refractivity contribution is -0.152. The maximum atomic E-state index is 11.9. The Bertz CT molecular complexity index is 428. The number of aliphatic hydroxyl groups is 1. The molecule has 0 unspecified atom stereocenters. The second-order valence-electron chi connectivity index (χ2n) is 4.91. The molecule has 8 heteroatoms. The number of Topliss-reactive ketones (excluding diaryl/α,β-unsaturated/α-hetero) is 1. The largest absolute Gasteiger partial charge is 0.461 e. The topological polar surface area (TPSA) is 129 Å². The Balaban J connectivity index is 4.68. The van der Waals surface area contributed by atoms with Crippen molar-refractivity contribution in [3.05, 3.63) is 5.53 Å². The fourth-order valence-electron chi connectivity index (χ4n) is 1.50. The number of ether oxygens (including phenoxy) is 1. The third-order valence-corrected chi connectivity index (χ3v) is 2.33. The molecule has 0 spiro atoms. The molecule has 0 bridgehead atoms. The number of nitrogens with zero attached hydrogens (tertiary/aromatic N) is 2. The number of hydrogen-bond acceptors (Lipinski definition) is 5. The molecule has 0 saturated carbocycles. The average Bonchev–Trinajstić information content (AvgIpc) is 2.32. The molecule has 21 heavy (non-hydrogen) atoms. The summed E-state index contributed by atoms with van der Waals surface area (Å²) in [6.07, 6.45) is -0.697. The number of hydrogen-bond donors (Lipinski definition) is 2. The first-order chi connectivity index (χ1) is 9.76. The molecule has 0 aromatic rings. The first kappa shape index (κ1) is 18.9. The van der Waals surface area contributed by atoms with E-state index in [2.05, 4.69) is 10.1 Å². The molecular weight excluding hydrogens is 278 g/mol. The smallest absolute Gasteiger partial charge is 0.328 e. The van der Waals surface area contributed by atoms with Gasteiger partial charge in [0.05, 0.1) is 18.6 Å². The Morgan fingerprint density at radius 2 is 1.95 bits per heavy atom. The predicted molar refractivity (Wildman–Crippen MR) is 73.4 cm³/mol. The molecule has 0 aliphatic heterocycles. The summed E-state index contributed by atoms with van der Waals surface area (Å²) in [6, 6.07) is -0.991. The number of carbonyl (C=O) groups excluding carboxylic acids is 3. The van der Waals surface area contributed by atoms with Gasteiger partial charge in [0.15, 0.2) is 0 Å². The summed E-state index contributed by atoms with van der Waals surface area (Å²) in [4.78, 5) is 37.3. The van der Waals surface area contributed by atoms with Crippen LogP contribution < -0.4 is 5.32 Å². The minimum absolute atomic E-state index is 0.0158. The van der Waals surface area contributed by atoms with E-state index in [0.29, 0.717) is 0 Å². The van der Waals surface area contributed by atoms with Crippen LogP contribution in [0, 0.1) is 0 Å². The highest BCUT2D eigenvalue weighted by molar-refractivity contribution is 6.25. The van der Waals surface area contributed by atoms with E-state index in [1.807, 2.05) is 0 Å². The number of nitrogens with one attached hydrogen (secondary N) is 1. The highest BCUT2D eigenvalue weighted by Gasteiger charge is 2.24. The minimum Gasteiger partial charge on any atom is -0.461 e. The van der Waals surface area contributed by atoms with E-state index in [-0.39, 0.29) is 25.4 Å². The second kappa shape index (κ2) is 9.79.